The number of anilines is 1. The minimum absolute atomic E-state index is 0.167. The highest BCUT2D eigenvalue weighted by Crippen LogP contribution is 2.31. The molecular weight excluding hydrogens is 384 g/mol. The van der Waals surface area contributed by atoms with Crippen molar-refractivity contribution in [1.29, 1.82) is 0 Å². The lowest BCUT2D eigenvalue weighted by Gasteiger charge is -2.39. The minimum Gasteiger partial charge on any atom is -0.490 e. The monoisotopic (exact) mass is 406 g/mol. The number of fused-ring (bicyclic) bond motifs is 2. The molecule has 4 rings (SSSR count). The Morgan fingerprint density at radius 3 is 2.82 bits per heavy atom. The Balaban J connectivity index is 1.61. The van der Waals surface area contributed by atoms with Crippen LogP contribution in [0.3, 0.4) is 0 Å². The van der Waals surface area contributed by atoms with E-state index in [-0.39, 0.29) is 25.1 Å². The molecule has 10 nitrogen and oxygen atoms in total. The summed E-state index contributed by atoms with van der Waals surface area (Å²) in [6, 6.07) is 5.25. The first-order valence-corrected chi connectivity index (χ1v) is 10.8. The van der Waals surface area contributed by atoms with Crippen molar-refractivity contribution in [2.24, 2.45) is 7.05 Å². The highest BCUT2D eigenvalue weighted by molar-refractivity contribution is 7.88. The van der Waals surface area contributed by atoms with Crippen LogP contribution in [0.15, 0.2) is 24.5 Å². The van der Waals surface area contributed by atoms with Crippen LogP contribution < -0.4 is 10.1 Å². The Morgan fingerprint density at radius 2 is 2.11 bits per heavy atom. The molecule has 2 aliphatic rings. The number of hydrogen-bond donors (Lipinski definition) is 1. The molecule has 150 valence electrons. The maximum absolute atomic E-state index is 12.6. The van der Waals surface area contributed by atoms with Crippen molar-refractivity contribution >= 4 is 21.6 Å². The molecule has 1 aromatic heterocycles. The van der Waals surface area contributed by atoms with E-state index in [1.807, 2.05) is 17.0 Å². The molecule has 3 heterocycles. The van der Waals surface area contributed by atoms with Gasteiger partial charge in [0.2, 0.25) is 15.9 Å². The number of carbonyl (C=O) groups is 1. The number of piperazine rings is 1. The summed E-state index contributed by atoms with van der Waals surface area (Å²) in [5, 5.41) is 6.97. The highest BCUT2D eigenvalue weighted by Gasteiger charge is 2.33. The standard InChI is InChI=1S/C17H22N6O4S/c1-21-17(18-11-19-21)12-3-4-15-14(7-12)20-16(24)9-22-5-6-23(28(2,25)26)8-13(22)10-27-15/h3-4,7,11,13H,5-6,8-10H2,1-2H3,(H,20,24)/t13-/m1/s1. The maximum Gasteiger partial charge on any atom is 0.238 e. The second-order valence-electron chi connectivity index (χ2n) is 7.02. The number of carbonyl (C=O) groups excluding carboxylic acids is 1. The van der Waals surface area contributed by atoms with Gasteiger partial charge in [0.25, 0.3) is 0 Å². The summed E-state index contributed by atoms with van der Waals surface area (Å²) in [7, 11) is -1.48. The molecule has 2 aliphatic heterocycles. The molecule has 0 radical (unpaired) electrons. The number of amides is 1. The summed E-state index contributed by atoms with van der Waals surface area (Å²) in [4.78, 5) is 18.8. The fourth-order valence-corrected chi connectivity index (χ4v) is 4.40. The van der Waals surface area contributed by atoms with Crippen molar-refractivity contribution in [3.63, 3.8) is 0 Å². The Labute approximate surface area is 163 Å². The number of nitrogens with one attached hydrogen (secondary N) is 1. The number of sulfonamides is 1. The van der Waals surface area contributed by atoms with E-state index >= 15 is 0 Å². The lowest BCUT2D eigenvalue weighted by Crippen LogP contribution is -2.57. The van der Waals surface area contributed by atoms with Crippen LogP contribution in [0.25, 0.3) is 11.4 Å². The fraction of sp³-hybridized carbons (Fsp3) is 0.471. The molecule has 0 unspecified atom stereocenters. The summed E-state index contributed by atoms with van der Waals surface area (Å²) < 4.78 is 32.9. The van der Waals surface area contributed by atoms with Crippen LogP contribution in [0.2, 0.25) is 0 Å². The van der Waals surface area contributed by atoms with Gasteiger partial charge >= 0.3 is 0 Å². The first-order chi connectivity index (χ1) is 13.3. The van der Waals surface area contributed by atoms with Crippen LogP contribution in [-0.2, 0) is 21.9 Å². The van der Waals surface area contributed by atoms with E-state index in [2.05, 4.69) is 15.4 Å². The van der Waals surface area contributed by atoms with Crippen molar-refractivity contribution in [3.05, 3.63) is 24.5 Å². The van der Waals surface area contributed by atoms with E-state index in [1.54, 1.807) is 17.8 Å². The molecule has 0 spiro atoms. The number of hydrogen-bond acceptors (Lipinski definition) is 7. The summed E-state index contributed by atoms with van der Waals surface area (Å²) in [5.74, 6) is 1.05. The third-order valence-electron chi connectivity index (χ3n) is 5.04. The highest BCUT2D eigenvalue weighted by atomic mass is 32.2. The molecule has 1 aromatic carbocycles. The van der Waals surface area contributed by atoms with Gasteiger partial charge in [0, 0.05) is 32.2 Å². The number of nitrogens with zero attached hydrogens (tertiary/aromatic N) is 5. The molecular formula is C17H22N6O4S. The van der Waals surface area contributed by atoms with Gasteiger partial charge in [-0.25, -0.2) is 18.1 Å². The number of rotatable bonds is 2. The Kier molecular flexibility index (Phi) is 4.81. The van der Waals surface area contributed by atoms with E-state index < -0.39 is 10.0 Å². The van der Waals surface area contributed by atoms with E-state index in [0.717, 1.165) is 5.56 Å². The average molecular weight is 406 g/mol. The van der Waals surface area contributed by atoms with Crippen LogP contribution >= 0.6 is 0 Å². The van der Waals surface area contributed by atoms with E-state index in [9.17, 15) is 13.2 Å². The topological polar surface area (TPSA) is 110 Å². The molecule has 1 N–H and O–H groups in total. The van der Waals surface area contributed by atoms with Gasteiger partial charge in [-0.3, -0.25) is 9.69 Å². The molecule has 0 aliphatic carbocycles. The first kappa shape index (κ1) is 18.8. The molecule has 1 amide bonds. The second-order valence-corrected chi connectivity index (χ2v) is 9.01. The molecule has 0 bridgehead atoms. The normalized spacial score (nSPS) is 21.5. The Bertz CT molecular complexity index is 1000. The zero-order valence-corrected chi connectivity index (χ0v) is 16.5. The molecule has 1 fully saturated rings. The molecule has 1 atom stereocenters. The van der Waals surface area contributed by atoms with E-state index in [0.29, 0.717) is 36.9 Å². The minimum atomic E-state index is -3.28. The molecule has 2 aromatic rings. The number of ether oxygens (including phenoxy) is 1. The van der Waals surface area contributed by atoms with Crippen LogP contribution in [0.5, 0.6) is 5.75 Å². The van der Waals surface area contributed by atoms with Crippen molar-refractivity contribution in [2.75, 3.05) is 44.4 Å². The zero-order valence-electron chi connectivity index (χ0n) is 15.7. The third-order valence-corrected chi connectivity index (χ3v) is 6.31. The predicted molar refractivity (Wildman–Crippen MR) is 102 cm³/mol. The summed E-state index contributed by atoms with van der Waals surface area (Å²) in [5.41, 5.74) is 1.37. The number of aromatic nitrogens is 3. The van der Waals surface area contributed by atoms with Gasteiger partial charge in [-0.2, -0.15) is 9.40 Å². The van der Waals surface area contributed by atoms with Crippen molar-refractivity contribution in [3.8, 4) is 17.1 Å². The van der Waals surface area contributed by atoms with Gasteiger partial charge in [-0.05, 0) is 18.2 Å². The SMILES string of the molecule is Cn1ncnc1-c1ccc2c(c1)NC(=O)CN1CCN(S(C)(=O)=O)C[C@@H]1CO2. The first-order valence-electron chi connectivity index (χ1n) is 8.91. The lowest BCUT2D eigenvalue weighted by molar-refractivity contribution is -0.118. The van der Waals surface area contributed by atoms with E-state index in [4.69, 9.17) is 4.74 Å². The van der Waals surface area contributed by atoms with Crippen LogP contribution in [0.4, 0.5) is 5.69 Å². The smallest absolute Gasteiger partial charge is 0.238 e. The zero-order chi connectivity index (χ0) is 19.9. The quantitative estimate of drug-likeness (QED) is 0.733. The predicted octanol–water partition coefficient (Wildman–Crippen LogP) is -0.241. The lowest BCUT2D eigenvalue weighted by atomic mass is 10.1. The summed E-state index contributed by atoms with van der Waals surface area (Å²) >= 11 is 0. The molecule has 28 heavy (non-hydrogen) atoms. The molecule has 0 saturated carbocycles. The Morgan fingerprint density at radius 1 is 1.29 bits per heavy atom. The van der Waals surface area contributed by atoms with Gasteiger partial charge in [-0.1, -0.05) is 0 Å². The van der Waals surface area contributed by atoms with Crippen molar-refractivity contribution in [2.45, 2.75) is 6.04 Å². The van der Waals surface area contributed by atoms with Crippen molar-refractivity contribution < 1.29 is 17.9 Å². The van der Waals surface area contributed by atoms with Crippen LogP contribution in [0, 0.1) is 0 Å². The fourth-order valence-electron chi connectivity index (χ4n) is 3.54. The Hall–Kier alpha value is -2.50. The molecule has 11 heteroatoms. The average Bonchev–Trinajstić information content (AvgIpc) is 3.08. The summed E-state index contributed by atoms with van der Waals surface area (Å²) in [6.07, 6.45) is 2.67. The van der Waals surface area contributed by atoms with Gasteiger partial charge in [0.05, 0.1) is 24.5 Å². The van der Waals surface area contributed by atoms with Gasteiger partial charge in [-0.15, -0.1) is 0 Å². The van der Waals surface area contributed by atoms with Gasteiger partial charge in [0.1, 0.15) is 18.7 Å². The van der Waals surface area contributed by atoms with Crippen molar-refractivity contribution in [1.82, 2.24) is 24.0 Å². The third kappa shape index (κ3) is 3.73. The number of aryl methyl sites for hydroxylation is 1. The largest absolute Gasteiger partial charge is 0.490 e. The van der Waals surface area contributed by atoms with Crippen LogP contribution in [-0.4, -0.2) is 83.4 Å². The van der Waals surface area contributed by atoms with Crippen LogP contribution in [0.1, 0.15) is 0 Å². The second kappa shape index (κ2) is 7.15. The molecule has 1 saturated heterocycles. The van der Waals surface area contributed by atoms with E-state index in [1.165, 1.54) is 16.9 Å². The summed E-state index contributed by atoms with van der Waals surface area (Å²) in [6.45, 7) is 1.62. The number of benzene rings is 1. The van der Waals surface area contributed by atoms with Gasteiger partial charge < -0.3 is 10.1 Å². The van der Waals surface area contributed by atoms with Gasteiger partial charge in [0.15, 0.2) is 5.82 Å². The maximum atomic E-state index is 12.6.